The van der Waals surface area contributed by atoms with Crippen LogP contribution in [-0.2, 0) is 4.79 Å². The maximum absolute atomic E-state index is 12.8. The number of amides is 1. The van der Waals surface area contributed by atoms with Crippen molar-refractivity contribution in [3.8, 4) is 11.5 Å². The Labute approximate surface area is 153 Å². The molecule has 1 aliphatic rings. The fourth-order valence-electron chi connectivity index (χ4n) is 3.33. The highest BCUT2D eigenvalue weighted by Gasteiger charge is 2.30. The number of aryl methyl sites for hydroxylation is 1. The summed E-state index contributed by atoms with van der Waals surface area (Å²) in [4.78, 5) is 14.9. The zero-order valence-electron chi connectivity index (χ0n) is 15.1. The molecule has 2 heterocycles. The summed E-state index contributed by atoms with van der Waals surface area (Å²) in [6, 6.07) is 8.28. The van der Waals surface area contributed by atoms with Crippen LogP contribution >= 0.6 is 11.8 Å². The number of piperidine rings is 1. The van der Waals surface area contributed by atoms with Gasteiger partial charge in [-0.2, -0.15) is 0 Å². The van der Waals surface area contributed by atoms with E-state index in [0.29, 0.717) is 17.2 Å². The van der Waals surface area contributed by atoms with Gasteiger partial charge in [0, 0.05) is 18.2 Å². The molecule has 1 fully saturated rings. The lowest BCUT2D eigenvalue weighted by atomic mass is 10.00. The Hall–Kier alpha value is -1.82. The number of hydrogen-bond acceptors (Lipinski definition) is 5. The van der Waals surface area contributed by atoms with Crippen molar-refractivity contribution in [2.75, 3.05) is 6.54 Å². The molecule has 0 bridgehead atoms. The third-order valence-corrected chi connectivity index (χ3v) is 5.71. The second-order valence-corrected chi connectivity index (χ2v) is 7.83. The first-order chi connectivity index (χ1) is 12.1. The van der Waals surface area contributed by atoms with Crippen LogP contribution in [0.15, 0.2) is 33.9 Å². The average molecular weight is 359 g/mol. The molecule has 0 radical (unpaired) electrons. The Morgan fingerprint density at radius 1 is 1.36 bits per heavy atom. The maximum atomic E-state index is 12.8. The number of carbonyl (C=O) groups excluding carboxylic acids is 1. The minimum absolute atomic E-state index is 0.173. The fraction of sp³-hybridized carbons (Fsp3) is 0.526. The fourth-order valence-corrected chi connectivity index (χ4v) is 4.08. The van der Waals surface area contributed by atoms with Crippen LogP contribution in [0.1, 0.15) is 45.1 Å². The summed E-state index contributed by atoms with van der Waals surface area (Å²) in [5, 5.41) is 8.48. The minimum atomic E-state index is -0.225. The molecule has 2 atom stereocenters. The Bertz CT molecular complexity index is 731. The van der Waals surface area contributed by atoms with E-state index in [1.807, 2.05) is 43.0 Å². The van der Waals surface area contributed by atoms with Crippen LogP contribution in [0, 0.1) is 6.92 Å². The van der Waals surface area contributed by atoms with Crippen LogP contribution in [-0.4, -0.2) is 38.8 Å². The van der Waals surface area contributed by atoms with E-state index in [-0.39, 0.29) is 11.2 Å². The number of aromatic nitrogens is 2. The van der Waals surface area contributed by atoms with Gasteiger partial charge in [0.05, 0.1) is 5.25 Å². The largest absolute Gasteiger partial charge is 0.411 e. The van der Waals surface area contributed by atoms with E-state index in [4.69, 9.17) is 4.42 Å². The molecule has 3 rings (SSSR count). The Kier molecular flexibility index (Phi) is 5.78. The maximum Gasteiger partial charge on any atom is 0.277 e. The third-order valence-electron chi connectivity index (χ3n) is 4.79. The minimum Gasteiger partial charge on any atom is -0.411 e. The van der Waals surface area contributed by atoms with E-state index in [9.17, 15) is 4.79 Å². The van der Waals surface area contributed by atoms with Gasteiger partial charge in [-0.3, -0.25) is 4.79 Å². The second kappa shape index (κ2) is 8.04. The van der Waals surface area contributed by atoms with Crippen LogP contribution in [0.2, 0.25) is 0 Å². The van der Waals surface area contributed by atoms with Gasteiger partial charge >= 0.3 is 0 Å². The Morgan fingerprint density at radius 2 is 2.16 bits per heavy atom. The van der Waals surface area contributed by atoms with Crippen LogP contribution in [0.25, 0.3) is 11.5 Å². The number of nitrogens with zero attached hydrogens (tertiary/aromatic N) is 3. The van der Waals surface area contributed by atoms with Gasteiger partial charge in [0.1, 0.15) is 0 Å². The molecule has 0 N–H and O–H groups in total. The number of hydrogen-bond donors (Lipinski definition) is 0. The van der Waals surface area contributed by atoms with Crippen molar-refractivity contribution in [1.82, 2.24) is 15.1 Å². The van der Waals surface area contributed by atoms with Crippen LogP contribution in [0.5, 0.6) is 0 Å². The molecule has 25 heavy (non-hydrogen) atoms. The van der Waals surface area contributed by atoms with Crippen molar-refractivity contribution in [1.29, 1.82) is 0 Å². The molecule has 5 nitrogen and oxygen atoms in total. The number of carbonyl (C=O) groups is 1. The highest BCUT2D eigenvalue weighted by atomic mass is 32.2. The molecule has 6 heteroatoms. The lowest BCUT2D eigenvalue weighted by Crippen LogP contribution is -2.46. The van der Waals surface area contributed by atoms with Crippen LogP contribution in [0.4, 0.5) is 0 Å². The van der Waals surface area contributed by atoms with Gasteiger partial charge in [-0.25, -0.2) is 0 Å². The lowest BCUT2D eigenvalue weighted by molar-refractivity contribution is -0.134. The van der Waals surface area contributed by atoms with E-state index in [2.05, 4.69) is 17.1 Å². The summed E-state index contributed by atoms with van der Waals surface area (Å²) in [7, 11) is 0. The van der Waals surface area contributed by atoms with E-state index >= 15 is 0 Å². The predicted octanol–water partition coefficient (Wildman–Crippen LogP) is 4.32. The van der Waals surface area contributed by atoms with Crippen molar-refractivity contribution < 1.29 is 9.21 Å². The van der Waals surface area contributed by atoms with Gasteiger partial charge in [-0.05, 0) is 51.2 Å². The van der Waals surface area contributed by atoms with Gasteiger partial charge in [-0.1, -0.05) is 36.9 Å². The predicted molar refractivity (Wildman–Crippen MR) is 99.4 cm³/mol. The van der Waals surface area contributed by atoms with Crippen molar-refractivity contribution in [3.63, 3.8) is 0 Å². The molecule has 0 saturated carbocycles. The first kappa shape index (κ1) is 18.0. The summed E-state index contributed by atoms with van der Waals surface area (Å²) in [5.41, 5.74) is 2.02. The molecule has 2 aromatic rings. The summed E-state index contributed by atoms with van der Waals surface area (Å²) < 4.78 is 5.78. The molecule has 1 amide bonds. The third kappa shape index (κ3) is 4.06. The van der Waals surface area contributed by atoms with Crippen LogP contribution < -0.4 is 0 Å². The van der Waals surface area contributed by atoms with E-state index in [0.717, 1.165) is 36.9 Å². The van der Waals surface area contributed by atoms with E-state index in [1.54, 1.807) is 0 Å². The molecule has 1 saturated heterocycles. The molecule has 1 aromatic heterocycles. The number of thioether (sulfide) groups is 1. The van der Waals surface area contributed by atoms with Crippen molar-refractivity contribution >= 4 is 17.7 Å². The van der Waals surface area contributed by atoms with Gasteiger partial charge in [0.2, 0.25) is 11.8 Å². The topological polar surface area (TPSA) is 59.2 Å². The molecule has 0 spiro atoms. The Morgan fingerprint density at radius 3 is 2.92 bits per heavy atom. The summed E-state index contributed by atoms with van der Waals surface area (Å²) in [5.74, 6) is 0.678. The quantitative estimate of drug-likeness (QED) is 0.744. The molecule has 1 aliphatic heterocycles. The summed E-state index contributed by atoms with van der Waals surface area (Å²) in [6.07, 6.45) is 4.43. The van der Waals surface area contributed by atoms with Gasteiger partial charge in [-0.15, -0.1) is 10.2 Å². The van der Waals surface area contributed by atoms with Gasteiger partial charge in [0.25, 0.3) is 5.22 Å². The second-order valence-electron chi connectivity index (χ2n) is 6.54. The van der Waals surface area contributed by atoms with E-state index < -0.39 is 0 Å². The summed E-state index contributed by atoms with van der Waals surface area (Å²) in [6.45, 7) is 6.95. The monoisotopic (exact) mass is 359 g/mol. The SMILES string of the molecule is CC[C@@H]1CCCCN1C(=O)[C@@H](C)Sc1nnc(-c2ccccc2C)o1. The molecular formula is C19H25N3O2S. The highest BCUT2D eigenvalue weighted by Crippen LogP contribution is 2.30. The van der Waals surface area contributed by atoms with Crippen LogP contribution in [0.3, 0.4) is 0 Å². The standard InChI is InChI=1S/C19H25N3O2S/c1-4-15-10-7-8-12-22(15)18(23)14(3)25-19-21-20-17(24-19)16-11-6-5-9-13(16)2/h5-6,9,11,14-15H,4,7-8,10,12H2,1-3H3/t14-,15-/m1/s1. The smallest absolute Gasteiger partial charge is 0.277 e. The lowest BCUT2D eigenvalue weighted by Gasteiger charge is -2.36. The molecule has 1 aromatic carbocycles. The highest BCUT2D eigenvalue weighted by molar-refractivity contribution is 8.00. The van der Waals surface area contributed by atoms with Crippen molar-refractivity contribution in [2.45, 2.75) is 63.0 Å². The van der Waals surface area contributed by atoms with E-state index in [1.165, 1.54) is 18.2 Å². The molecule has 0 unspecified atom stereocenters. The zero-order valence-corrected chi connectivity index (χ0v) is 15.9. The van der Waals surface area contributed by atoms with Crippen molar-refractivity contribution in [3.05, 3.63) is 29.8 Å². The first-order valence-electron chi connectivity index (χ1n) is 8.96. The average Bonchev–Trinajstić information content (AvgIpc) is 3.09. The molecule has 134 valence electrons. The zero-order chi connectivity index (χ0) is 17.8. The summed E-state index contributed by atoms with van der Waals surface area (Å²) >= 11 is 1.35. The van der Waals surface area contributed by atoms with Crippen molar-refractivity contribution in [2.24, 2.45) is 0 Å². The molecular weight excluding hydrogens is 334 g/mol. The first-order valence-corrected chi connectivity index (χ1v) is 9.84. The Balaban J connectivity index is 1.68. The molecule has 0 aliphatic carbocycles. The number of likely N-dealkylation sites (tertiary alicyclic amines) is 1. The number of rotatable bonds is 5. The normalized spacial score (nSPS) is 19.0. The van der Waals surface area contributed by atoms with Gasteiger partial charge in [0.15, 0.2) is 0 Å². The van der Waals surface area contributed by atoms with Gasteiger partial charge < -0.3 is 9.32 Å². The number of benzene rings is 1.